The van der Waals surface area contributed by atoms with E-state index in [1.807, 2.05) is 19.9 Å². The van der Waals surface area contributed by atoms with E-state index < -0.39 is 41.2 Å². The minimum absolute atomic E-state index is 0.0615. The highest BCUT2D eigenvalue weighted by atomic mass is 19.4. The number of carbonyl (C=O) groups is 3. The number of nitrogens with one attached hydrogen (secondary N) is 1. The largest absolute Gasteiger partial charge is 0.439 e. The lowest BCUT2D eigenvalue weighted by Crippen LogP contribution is -2.49. The average Bonchev–Trinajstić information content (AvgIpc) is 3.11. The summed E-state index contributed by atoms with van der Waals surface area (Å²) >= 11 is 0. The van der Waals surface area contributed by atoms with Crippen molar-refractivity contribution in [1.82, 2.24) is 19.7 Å². The quantitative estimate of drug-likeness (QED) is 0.200. The Bertz CT molecular complexity index is 1740. The molecule has 280 valence electrons. The first kappa shape index (κ1) is 38.4. The summed E-state index contributed by atoms with van der Waals surface area (Å²) in [5.74, 6) is -4.03. The van der Waals surface area contributed by atoms with Crippen LogP contribution >= 0.6 is 0 Å². The second-order valence-electron chi connectivity index (χ2n) is 13.3. The fourth-order valence-corrected chi connectivity index (χ4v) is 6.60. The fraction of sp³-hybridized carbons (Fsp3) is 0.459. The maximum absolute atomic E-state index is 14.5. The Kier molecular flexibility index (Phi) is 12.3. The Morgan fingerprint density at radius 3 is 2.23 bits per heavy atom. The molecule has 10 nitrogen and oxygen atoms in total. The standard InChI is InChI=1S/C37H43F5N6O4/c1-3-4-15-48(36(51)45-32-20-29(34(43)49)30(38)21-31(32)39)27-13-16-46(17-14-27)22-25-7-10-33(44-23(25)2)52-28-8-5-24(6-9-28)35(50)47-18-11-26(12-19-47)37(40,41)42/h5-10,20-21,26-27H,3-4,11-19,22H2,1-2H3,(H2,43,49)(H,45,51). The van der Waals surface area contributed by atoms with Crippen molar-refractivity contribution in [2.24, 2.45) is 11.7 Å². The van der Waals surface area contributed by atoms with E-state index in [1.165, 1.54) is 4.90 Å². The molecule has 0 radical (unpaired) electrons. The van der Waals surface area contributed by atoms with Crippen molar-refractivity contribution in [3.05, 3.63) is 82.5 Å². The molecule has 0 atom stereocenters. The molecule has 4 amide bonds. The smallest absolute Gasteiger partial charge is 0.391 e. The lowest BCUT2D eigenvalue weighted by Gasteiger charge is -2.38. The molecule has 2 aliphatic rings. The summed E-state index contributed by atoms with van der Waals surface area (Å²) in [6.45, 7) is 6.47. The second-order valence-corrected chi connectivity index (χ2v) is 13.3. The highest BCUT2D eigenvalue weighted by Crippen LogP contribution is 2.34. The first-order valence-electron chi connectivity index (χ1n) is 17.4. The number of pyridine rings is 1. The van der Waals surface area contributed by atoms with Crippen LogP contribution in [0.1, 0.15) is 77.4 Å². The number of hydrogen-bond donors (Lipinski definition) is 2. The van der Waals surface area contributed by atoms with Crippen LogP contribution in [0.15, 0.2) is 48.5 Å². The SMILES string of the molecule is CCCCN(C(=O)Nc1cc(C(N)=O)c(F)cc1F)C1CCN(Cc2ccc(Oc3ccc(C(=O)N4CCC(C(F)(F)F)CC4)cc3)nc2C)CC1. The van der Waals surface area contributed by atoms with Gasteiger partial charge >= 0.3 is 12.2 Å². The molecule has 5 rings (SSSR count). The van der Waals surface area contributed by atoms with E-state index in [-0.39, 0.29) is 43.6 Å². The summed E-state index contributed by atoms with van der Waals surface area (Å²) in [6.07, 6.45) is -1.51. The topological polar surface area (TPSA) is 121 Å². The normalized spacial score (nSPS) is 16.1. The maximum atomic E-state index is 14.5. The van der Waals surface area contributed by atoms with Gasteiger partial charge in [0.2, 0.25) is 5.88 Å². The summed E-state index contributed by atoms with van der Waals surface area (Å²) < 4.78 is 73.3. The zero-order valence-electron chi connectivity index (χ0n) is 29.1. The predicted octanol–water partition coefficient (Wildman–Crippen LogP) is 7.27. The van der Waals surface area contributed by atoms with Gasteiger partial charge in [0.1, 0.15) is 17.4 Å². The van der Waals surface area contributed by atoms with E-state index in [9.17, 15) is 36.3 Å². The average molecular weight is 731 g/mol. The number of unbranched alkanes of at least 4 members (excludes halogenated alkanes) is 1. The van der Waals surface area contributed by atoms with E-state index in [0.717, 1.165) is 30.2 Å². The molecule has 0 saturated carbocycles. The van der Waals surface area contributed by atoms with Gasteiger partial charge in [-0.25, -0.2) is 18.6 Å². The number of benzene rings is 2. The lowest BCUT2D eigenvalue weighted by molar-refractivity contribution is -0.183. The van der Waals surface area contributed by atoms with Gasteiger partial charge in [-0.3, -0.25) is 14.5 Å². The first-order chi connectivity index (χ1) is 24.7. The van der Waals surface area contributed by atoms with Gasteiger partial charge < -0.3 is 25.6 Å². The van der Waals surface area contributed by atoms with E-state index in [1.54, 1.807) is 35.2 Å². The number of piperidine rings is 2. The number of urea groups is 1. The van der Waals surface area contributed by atoms with Gasteiger partial charge in [0.15, 0.2) is 0 Å². The molecule has 3 N–H and O–H groups in total. The number of carbonyl (C=O) groups excluding carboxylic acids is 3. The number of primary amides is 1. The Balaban J connectivity index is 1.13. The fourth-order valence-electron chi connectivity index (χ4n) is 6.60. The number of anilines is 1. The van der Waals surface area contributed by atoms with Crippen molar-refractivity contribution in [2.45, 2.75) is 71.1 Å². The molecule has 3 heterocycles. The molecule has 0 aliphatic carbocycles. The molecular formula is C37H43F5N6O4. The summed E-state index contributed by atoms with van der Waals surface area (Å²) in [4.78, 5) is 47.7. The zero-order valence-corrected chi connectivity index (χ0v) is 29.1. The highest BCUT2D eigenvalue weighted by molar-refractivity contribution is 5.96. The Labute approximate surface area is 299 Å². The van der Waals surface area contributed by atoms with Gasteiger partial charge in [-0.1, -0.05) is 19.4 Å². The maximum Gasteiger partial charge on any atom is 0.391 e. The molecule has 2 aromatic carbocycles. The molecule has 3 aromatic rings. The van der Waals surface area contributed by atoms with Gasteiger partial charge in [-0.2, -0.15) is 13.2 Å². The molecule has 0 bridgehead atoms. The van der Waals surface area contributed by atoms with Gasteiger partial charge in [-0.15, -0.1) is 0 Å². The number of likely N-dealkylation sites (tertiary alicyclic amines) is 2. The Hall–Kier alpha value is -4.79. The number of nitrogens with two attached hydrogens (primary N) is 1. The van der Waals surface area contributed by atoms with Crippen LogP contribution in [0.5, 0.6) is 11.6 Å². The lowest BCUT2D eigenvalue weighted by atomic mass is 9.96. The molecule has 2 aliphatic heterocycles. The third-order valence-electron chi connectivity index (χ3n) is 9.71. The number of aryl methyl sites for hydroxylation is 1. The second kappa shape index (κ2) is 16.7. The third-order valence-corrected chi connectivity index (χ3v) is 9.71. The number of alkyl halides is 3. The number of aromatic nitrogens is 1. The first-order valence-corrected chi connectivity index (χ1v) is 17.4. The van der Waals surface area contributed by atoms with E-state index in [0.29, 0.717) is 62.3 Å². The van der Waals surface area contributed by atoms with Gasteiger partial charge in [-0.05, 0) is 74.9 Å². The van der Waals surface area contributed by atoms with Crippen LogP contribution in [-0.2, 0) is 6.54 Å². The molecule has 2 fully saturated rings. The molecule has 0 spiro atoms. The van der Waals surface area contributed by atoms with Crippen LogP contribution in [0.2, 0.25) is 0 Å². The highest BCUT2D eigenvalue weighted by Gasteiger charge is 2.41. The van der Waals surface area contributed by atoms with Crippen LogP contribution in [0.4, 0.5) is 32.4 Å². The van der Waals surface area contributed by atoms with Gasteiger partial charge in [0.25, 0.3) is 11.8 Å². The minimum Gasteiger partial charge on any atom is -0.439 e. The number of ether oxygens (including phenoxy) is 1. The van der Waals surface area contributed by atoms with E-state index in [4.69, 9.17) is 10.5 Å². The van der Waals surface area contributed by atoms with Crippen LogP contribution < -0.4 is 15.8 Å². The number of nitrogens with zero attached hydrogens (tertiary/aromatic N) is 4. The van der Waals surface area contributed by atoms with Crippen molar-refractivity contribution in [3.8, 4) is 11.6 Å². The summed E-state index contributed by atoms with van der Waals surface area (Å²) in [7, 11) is 0. The number of halogens is 5. The van der Waals surface area contributed by atoms with Crippen LogP contribution in [0.3, 0.4) is 0 Å². The number of hydrogen-bond acceptors (Lipinski definition) is 6. The van der Waals surface area contributed by atoms with E-state index >= 15 is 0 Å². The predicted molar refractivity (Wildman–Crippen MR) is 184 cm³/mol. The zero-order chi connectivity index (χ0) is 37.6. The van der Waals surface area contributed by atoms with Crippen molar-refractivity contribution in [2.75, 3.05) is 38.0 Å². The van der Waals surface area contributed by atoms with Crippen LogP contribution in [-0.4, -0.2) is 82.5 Å². The monoisotopic (exact) mass is 730 g/mol. The Morgan fingerprint density at radius 2 is 1.63 bits per heavy atom. The van der Waals surface area contributed by atoms with Gasteiger partial charge in [0, 0.05) is 68.7 Å². The summed E-state index contributed by atoms with van der Waals surface area (Å²) in [5.41, 5.74) is 6.51. The van der Waals surface area contributed by atoms with Crippen molar-refractivity contribution < 1.29 is 41.1 Å². The van der Waals surface area contributed by atoms with Crippen molar-refractivity contribution in [1.29, 1.82) is 0 Å². The summed E-state index contributed by atoms with van der Waals surface area (Å²) in [5, 5.41) is 2.50. The molecule has 52 heavy (non-hydrogen) atoms. The van der Waals surface area contributed by atoms with Crippen LogP contribution in [0, 0.1) is 24.5 Å². The van der Waals surface area contributed by atoms with Crippen molar-refractivity contribution in [3.63, 3.8) is 0 Å². The molecule has 0 unspecified atom stereocenters. The molecule has 2 saturated heterocycles. The Morgan fingerprint density at radius 1 is 0.962 bits per heavy atom. The van der Waals surface area contributed by atoms with Crippen LogP contribution in [0.25, 0.3) is 0 Å². The molecular weight excluding hydrogens is 687 g/mol. The van der Waals surface area contributed by atoms with Crippen molar-refractivity contribution >= 4 is 23.5 Å². The third kappa shape index (κ3) is 9.55. The molecule has 15 heteroatoms. The van der Waals surface area contributed by atoms with Gasteiger partial charge in [0.05, 0.1) is 17.2 Å². The van der Waals surface area contributed by atoms with E-state index in [2.05, 4.69) is 15.2 Å². The minimum atomic E-state index is -4.24. The number of amides is 4. The summed E-state index contributed by atoms with van der Waals surface area (Å²) in [6, 6.07) is 10.9. The number of rotatable bonds is 11. The molecule has 1 aromatic heterocycles.